The number of hydrogen-bond donors (Lipinski definition) is 2. The van der Waals surface area contributed by atoms with Crippen molar-refractivity contribution >= 4 is 17.9 Å². The molecule has 1 aliphatic heterocycles. The summed E-state index contributed by atoms with van der Waals surface area (Å²) in [5, 5.41) is 2.61. The van der Waals surface area contributed by atoms with Gasteiger partial charge in [-0.1, -0.05) is 31.4 Å². The number of ether oxygens (including phenoxy) is 2. The topological polar surface area (TPSA) is 111 Å². The Hall–Kier alpha value is -2.61. The summed E-state index contributed by atoms with van der Waals surface area (Å²) in [7, 11) is 1.37. The molecular weight excluding hydrogens is 422 g/mol. The molecular formula is C25H37N3O5. The van der Waals surface area contributed by atoms with Crippen LogP contribution in [0.1, 0.15) is 73.7 Å². The van der Waals surface area contributed by atoms with Gasteiger partial charge < -0.3 is 25.4 Å². The molecule has 182 valence electrons. The summed E-state index contributed by atoms with van der Waals surface area (Å²) in [5.41, 5.74) is 7.04. The molecule has 0 radical (unpaired) electrons. The number of esters is 1. The summed E-state index contributed by atoms with van der Waals surface area (Å²) < 4.78 is 10.8. The minimum absolute atomic E-state index is 0.149. The van der Waals surface area contributed by atoms with Crippen LogP contribution in [-0.2, 0) is 14.3 Å². The third-order valence-electron chi connectivity index (χ3n) is 6.96. The molecule has 2 atom stereocenters. The summed E-state index contributed by atoms with van der Waals surface area (Å²) in [6.45, 7) is 3.62. The molecule has 1 saturated heterocycles. The fourth-order valence-corrected chi connectivity index (χ4v) is 4.91. The first-order chi connectivity index (χ1) is 15.9. The Morgan fingerprint density at radius 1 is 1.06 bits per heavy atom. The summed E-state index contributed by atoms with van der Waals surface area (Å²) >= 11 is 0. The molecule has 8 nitrogen and oxygen atoms in total. The van der Waals surface area contributed by atoms with Crippen molar-refractivity contribution in [3.05, 3.63) is 35.4 Å². The van der Waals surface area contributed by atoms with E-state index in [1.807, 2.05) is 19.1 Å². The molecule has 2 unspecified atom stereocenters. The first-order valence-electron chi connectivity index (χ1n) is 12.0. The predicted molar refractivity (Wildman–Crippen MR) is 125 cm³/mol. The Morgan fingerprint density at radius 2 is 1.70 bits per heavy atom. The second kappa shape index (κ2) is 12.0. The van der Waals surface area contributed by atoms with Crippen molar-refractivity contribution in [2.45, 2.75) is 69.9 Å². The number of methoxy groups -OCH3 is 1. The van der Waals surface area contributed by atoms with Gasteiger partial charge in [-0.2, -0.15) is 0 Å². The molecule has 0 bridgehead atoms. The number of benzene rings is 1. The van der Waals surface area contributed by atoms with E-state index in [-0.39, 0.29) is 11.9 Å². The molecule has 3 rings (SSSR count). The second-order valence-electron chi connectivity index (χ2n) is 9.24. The fourth-order valence-electron chi connectivity index (χ4n) is 4.91. The van der Waals surface area contributed by atoms with Crippen molar-refractivity contribution < 1.29 is 23.9 Å². The highest BCUT2D eigenvalue weighted by Crippen LogP contribution is 2.29. The van der Waals surface area contributed by atoms with Crippen molar-refractivity contribution in [2.75, 3.05) is 26.8 Å². The van der Waals surface area contributed by atoms with Crippen LogP contribution in [0.25, 0.3) is 0 Å². The first-order valence-corrected chi connectivity index (χ1v) is 12.0. The Balaban J connectivity index is 1.55. The highest BCUT2D eigenvalue weighted by Gasteiger charge is 2.33. The van der Waals surface area contributed by atoms with E-state index >= 15 is 0 Å². The standard InChI is InChI=1S/C25H37N3O5/c1-17(33-16-18-6-4-3-5-7-18)22(27-25(26)31)23(29)28-14-12-20(13-15-28)19-8-10-21(11-9-19)24(30)32-2/h8-11,17-18,20,22H,3-7,12-16H2,1-2H3,(H3,26,27,31). The van der Waals surface area contributed by atoms with Crippen LogP contribution in [0.3, 0.4) is 0 Å². The van der Waals surface area contributed by atoms with Gasteiger partial charge in [0.05, 0.1) is 18.8 Å². The van der Waals surface area contributed by atoms with Crippen LogP contribution >= 0.6 is 0 Å². The third kappa shape index (κ3) is 6.93. The predicted octanol–water partition coefficient (Wildman–Crippen LogP) is 3.20. The van der Waals surface area contributed by atoms with Crippen LogP contribution in [0.5, 0.6) is 0 Å². The molecule has 2 aliphatic rings. The molecule has 0 aromatic heterocycles. The van der Waals surface area contributed by atoms with Crippen LogP contribution in [0.4, 0.5) is 4.79 Å². The van der Waals surface area contributed by atoms with Gasteiger partial charge in [0, 0.05) is 19.7 Å². The van der Waals surface area contributed by atoms with Gasteiger partial charge in [-0.15, -0.1) is 0 Å². The quantitative estimate of drug-likeness (QED) is 0.580. The second-order valence-corrected chi connectivity index (χ2v) is 9.24. The van der Waals surface area contributed by atoms with E-state index in [1.165, 1.54) is 26.4 Å². The van der Waals surface area contributed by atoms with E-state index in [0.717, 1.165) is 31.2 Å². The van der Waals surface area contributed by atoms with Crippen molar-refractivity contribution in [2.24, 2.45) is 11.7 Å². The van der Waals surface area contributed by atoms with Crippen LogP contribution in [0.2, 0.25) is 0 Å². The van der Waals surface area contributed by atoms with Gasteiger partial charge in [-0.25, -0.2) is 9.59 Å². The SMILES string of the molecule is COC(=O)c1ccc(C2CCN(C(=O)C(NC(N)=O)C(C)OCC3CCCCC3)CC2)cc1. The highest BCUT2D eigenvalue weighted by molar-refractivity contribution is 5.89. The Labute approximate surface area is 196 Å². The molecule has 0 spiro atoms. The summed E-state index contributed by atoms with van der Waals surface area (Å²) in [5.74, 6) is 0.328. The highest BCUT2D eigenvalue weighted by atomic mass is 16.5. The number of hydrogen-bond acceptors (Lipinski definition) is 5. The van der Waals surface area contributed by atoms with E-state index in [1.54, 1.807) is 17.0 Å². The summed E-state index contributed by atoms with van der Waals surface area (Å²) in [6.07, 6.45) is 7.21. The molecule has 2 fully saturated rings. The zero-order valence-electron chi connectivity index (χ0n) is 19.8. The number of nitrogens with two attached hydrogens (primary N) is 1. The lowest BCUT2D eigenvalue weighted by Gasteiger charge is -2.36. The lowest BCUT2D eigenvalue weighted by atomic mass is 9.88. The van der Waals surface area contributed by atoms with Gasteiger partial charge in [0.2, 0.25) is 5.91 Å². The zero-order chi connectivity index (χ0) is 23.8. The number of nitrogens with one attached hydrogen (secondary N) is 1. The number of piperidine rings is 1. The third-order valence-corrected chi connectivity index (χ3v) is 6.96. The molecule has 1 aliphatic carbocycles. The molecule has 1 aromatic rings. The number of likely N-dealkylation sites (tertiary alicyclic amines) is 1. The molecule has 3 N–H and O–H groups in total. The van der Waals surface area contributed by atoms with Gasteiger partial charge in [0.1, 0.15) is 6.04 Å². The molecule has 1 heterocycles. The van der Waals surface area contributed by atoms with E-state index < -0.39 is 18.2 Å². The maximum Gasteiger partial charge on any atom is 0.337 e. The fraction of sp³-hybridized carbons (Fsp3) is 0.640. The lowest BCUT2D eigenvalue weighted by Crippen LogP contribution is -2.56. The largest absolute Gasteiger partial charge is 0.465 e. The van der Waals surface area contributed by atoms with E-state index in [4.69, 9.17) is 15.2 Å². The van der Waals surface area contributed by atoms with Crippen molar-refractivity contribution in [3.63, 3.8) is 0 Å². The number of nitrogens with zero attached hydrogens (tertiary/aromatic N) is 1. The lowest BCUT2D eigenvalue weighted by molar-refractivity contribution is -0.138. The summed E-state index contributed by atoms with van der Waals surface area (Å²) in [4.78, 5) is 38.3. The van der Waals surface area contributed by atoms with Crippen LogP contribution < -0.4 is 11.1 Å². The van der Waals surface area contributed by atoms with E-state index in [9.17, 15) is 14.4 Å². The number of urea groups is 1. The minimum Gasteiger partial charge on any atom is -0.465 e. The number of carbonyl (C=O) groups is 3. The Morgan fingerprint density at radius 3 is 2.27 bits per heavy atom. The maximum atomic E-state index is 13.2. The summed E-state index contributed by atoms with van der Waals surface area (Å²) in [6, 6.07) is 5.94. The smallest absolute Gasteiger partial charge is 0.337 e. The van der Waals surface area contributed by atoms with E-state index in [2.05, 4.69) is 5.32 Å². The number of rotatable bonds is 8. The van der Waals surface area contributed by atoms with Gasteiger partial charge in [-0.05, 0) is 62.1 Å². The average Bonchev–Trinajstić information content (AvgIpc) is 2.85. The minimum atomic E-state index is -0.790. The molecule has 8 heteroatoms. The van der Waals surface area contributed by atoms with Crippen LogP contribution in [0, 0.1) is 5.92 Å². The number of carbonyl (C=O) groups excluding carboxylic acids is 3. The maximum absolute atomic E-state index is 13.2. The molecule has 1 aromatic carbocycles. The van der Waals surface area contributed by atoms with Crippen molar-refractivity contribution in [3.8, 4) is 0 Å². The zero-order valence-corrected chi connectivity index (χ0v) is 19.8. The molecule has 3 amide bonds. The van der Waals surface area contributed by atoms with Crippen molar-refractivity contribution in [1.29, 1.82) is 0 Å². The van der Waals surface area contributed by atoms with Gasteiger partial charge in [-0.3, -0.25) is 4.79 Å². The first kappa shape index (κ1) is 25.0. The van der Waals surface area contributed by atoms with Gasteiger partial charge in [0.15, 0.2) is 0 Å². The molecule has 1 saturated carbocycles. The number of primary amides is 1. The Bertz CT molecular complexity index is 799. The average molecular weight is 460 g/mol. The molecule has 33 heavy (non-hydrogen) atoms. The van der Waals surface area contributed by atoms with Gasteiger partial charge in [0.25, 0.3) is 0 Å². The van der Waals surface area contributed by atoms with E-state index in [0.29, 0.717) is 37.1 Å². The monoisotopic (exact) mass is 459 g/mol. The van der Waals surface area contributed by atoms with Gasteiger partial charge >= 0.3 is 12.0 Å². The van der Waals surface area contributed by atoms with Crippen LogP contribution in [0.15, 0.2) is 24.3 Å². The van der Waals surface area contributed by atoms with Crippen molar-refractivity contribution in [1.82, 2.24) is 10.2 Å². The number of amides is 3. The van der Waals surface area contributed by atoms with Crippen LogP contribution in [-0.4, -0.2) is 61.8 Å². The Kier molecular flexibility index (Phi) is 9.11. The normalized spacial score (nSPS) is 19.5.